The highest BCUT2D eigenvalue weighted by atomic mass is 16.5. The molecular formula is C16H21N3O2. The van der Waals surface area contributed by atoms with Crippen LogP contribution >= 0.6 is 0 Å². The molecule has 0 saturated carbocycles. The van der Waals surface area contributed by atoms with Gasteiger partial charge in [0.25, 0.3) is 0 Å². The zero-order chi connectivity index (χ0) is 15.1. The van der Waals surface area contributed by atoms with Gasteiger partial charge in [-0.05, 0) is 5.56 Å². The first-order valence-corrected chi connectivity index (χ1v) is 6.99. The first-order chi connectivity index (χ1) is 10.2. The minimum absolute atomic E-state index is 0.0290. The lowest BCUT2D eigenvalue weighted by atomic mass is 10.2. The fraction of sp³-hybridized carbons (Fsp3) is 0.375. The SMILES string of the molecule is COCCN(Cc1nccn1Cc1ccccc1)C(C)=O. The summed E-state index contributed by atoms with van der Waals surface area (Å²) in [6, 6.07) is 10.2. The summed E-state index contributed by atoms with van der Waals surface area (Å²) in [5.41, 5.74) is 1.21. The van der Waals surface area contributed by atoms with Crippen LogP contribution in [0.25, 0.3) is 0 Å². The van der Waals surface area contributed by atoms with Gasteiger partial charge in [0, 0.05) is 39.5 Å². The molecule has 1 aromatic heterocycles. The van der Waals surface area contributed by atoms with Crippen molar-refractivity contribution in [3.05, 3.63) is 54.1 Å². The monoisotopic (exact) mass is 287 g/mol. The van der Waals surface area contributed by atoms with Gasteiger partial charge in [-0.3, -0.25) is 4.79 Å². The Kier molecular flexibility index (Phi) is 5.51. The molecule has 2 rings (SSSR count). The molecule has 0 aliphatic rings. The second-order valence-corrected chi connectivity index (χ2v) is 4.89. The van der Waals surface area contributed by atoms with Gasteiger partial charge in [0.15, 0.2) is 0 Å². The van der Waals surface area contributed by atoms with Crippen molar-refractivity contribution in [2.24, 2.45) is 0 Å². The number of carbonyl (C=O) groups is 1. The molecule has 1 heterocycles. The maximum Gasteiger partial charge on any atom is 0.219 e. The van der Waals surface area contributed by atoms with Crippen LogP contribution in [0, 0.1) is 0 Å². The minimum atomic E-state index is 0.0290. The van der Waals surface area contributed by atoms with Crippen LogP contribution in [0.15, 0.2) is 42.7 Å². The van der Waals surface area contributed by atoms with Gasteiger partial charge in [-0.2, -0.15) is 0 Å². The molecule has 0 aliphatic carbocycles. The Hall–Kier alpha value is -2.14. The van der Waals surface area contributed by atoms with Gasteiger partial charge in [-0.25, -0.2) is 4.98 Å². The summed E-state index contributed by atoms with van der Waals surface area (Å²) in [5, 5.41) is 0. The molecule has 0 fully saturated rings. The third-order valence-corrected chi connectivity index (χ3v) is 3.34. The van der Waals surface area contributed by atoms with E-state index >= 15 is 0 Å². The van der Waals surface area contributed by atoms with Crippen molar-refractivity contribution < 1.29 is 9.53 Å². The molecular weight excluding hydrogens is 266 g/mol. The van der Waals surface area contributed by atoms with Gasteiger partial charge >= 0.3 is 0 Å². The van der Waals surface area contributed by atoms with Gasteiger partial charge in [0.1, 0.15) is 5.82 Å². The molecule has 0 aliphatic heterocycles. The number of methoxy groups -OCH3 is 1. The number of hydrogen-bond acceptors (Lipinski definition) is 3. The molecule has 1 aromatic carbocycles. The standard InChI is InChI=1S/C16H21N3O2/c1-14(20)18(10-11-21-2)13-16-17-8-9-19(16)12-15-6-4-3-5-7-15/h3-9H,10-13H2,1-2H3. The number of imidazole rings is 1. The smallest absolute Gasteiger partial charge is 0.219 e. The number of hydrogen-bond donors (Lipinski definition) is 0. The van der Waals surface area contributed by atoms with Crippen LogP contribution in [-0.2, 0) is 22.6 Å². The first-order valence-electron chi connectivity index (χ1n) is 6.99. The first kappa shape index (κ1) is 15.3. The lowest BCUT2D eigenvalue weighted by molar-refractivity contribution is -0.130. The van der Waals surface area contributed by atoms with E-state index in [9.17, 15) is 4.79 Å². The summed E-state index contributed by atoms with van der Waals surface area (Å²) >= 11 is 0. The average molecular weight is 287 g/mol. The molecule has 5 heteroatoms. The van der Waals surface area contributed by atoms with Crippen LogP contribution in [0.3, 0.4) is 0 Å². The van der Waals surface area contributed by atoms with Crippen molar-refractivity contribution in [3.63, 3.8) is 0 Å². The summed E-state index contributed by atoms with van der Waals surface area (Å²) in [6.07, 6.45) is 3.71. The highest BCUT2D eigenvalue weighted by Crippen LogP contribution is 2.08. The molecule has 0 bridgehead atoms. The summed E-state index contributed by atoms with van der Waals surface area (Å²) in [6.45, 7) is 3.92. The van der Waals surface area contributed by atoms with E-state index < -0.39 is 0 Å². The third kappa shape index (κ3) is 4.43. The molecule has 112 valence electrons. The molecule has 0 N–H and O–H groups in total. The van der Waals surface area contributed by atoms with E-state index in [0.29, 0.717) is 19.7 Å². The summed E-state index contributed by atoms with van der Waals surface area (Å²) in [4.78, 5) is 17.8. The Morgan fingerprint density at radius 1 is 1.33 bits per heavy atom. The van der Waals surface area contributed by atoms with Crippen molar-refractivity contribution in [3.8, 4) is 0 Å². The zero-order valence-corrected chi connectivity index (χ0v) is 12.5. The number of ether oxygens (including phenoxy) is 1. The van der Waals surface area contributed by atoms with E-state index in [1.165, 1.54) is 5.56 Å². The second kappa shape index (κ2) is 7.59. The molecule has 0 radical (unpaired) electrons. The van der Waals surface area contributed by atoms with Crippen LogP contribution in [0.5, 0.6) is 0 Å². The maximum absolute atomic E-state index is 11.7. The van der Waals surface area contributed by atoms with Gasteiger partial charge < -0.3 is 14.2 Å². The van der Waals surface area contributed by atoms with Gasteiger partial charge in [0.05, 0.1) is 13.2 Å². The minimum Gasteiger partial charge on any atom is -0.383 e. The maximum atomic E-state index is 11.7. The number of nitrogens with zero attached hydrogens (tertiary/aromatic N) is 3. The van der Waals surface area contributed by atoms with Gasteiger partial charge in [0.2, 0.25) is 5.91 Å². The predicted octanol–water partition coefficient (Wildman–Crippen LogP) is 1.93. The van der Waals surface area contributed by atoms with Crippen molar-refractivity contribution >= 4 is 5.91 Å². The van der Waals surface area contributed by atoms with E-state index in [0.717, 1.165) is 12.4 Å². The molecule has 21 heavy (non-hydrogen) atoms. The number of benzene rings is 1. The van der Waals surface area contributed by atoms with Crippen molar-refractivity contribution in [1.82, 2.24) is 14.5 Å². The lowest BCUT2D eigenvalue weighted by Gasteiger charge is -2.21. The topological polar surface area (TPSA) is 47.4 Å². The van der Waals surface area contributed by atoms with Crippen molar-refractivity contribution in [1.29, 1.82) is 0 Å². The number of rotatable bonds is 7. The largest absolute Gasteiger partial charge is 0.383 e. The molecule has 2 aromatic rings. The molecule has 5 nitrogen and oxygen atoms in total. The summed E-state index contributed by atoms with van der Waals surface area (Å²) in [7, 11) is 1.63. The molecule has 1 amide bonds. The molecule has 0 atom stereocenters. The van der Waals surface area contributed by atoms with E-state index in [1.807, 2.05) is 24.4 Å². The third-order valence-electron chi connectivity index (χ3n) is 3.34. The van der Waals surface area contributed by atoms with Crippen LogP contribution < -0.4 is 0 Å². The fourth-order valence-electron chi connectivity index (χ4n) is 2.14. The quantitative estimate of drug-likeness (QED) is 0.781. The molecule has 0 saturated heterocycles. The van der Waals surface area contributed by atoms with Crippen LogP contribution in [0.4, 0.5) is 0 Å². The van der Waals surface area contributed by atoms with Gasteiger partial charge in [-0.1, -0.05) is 30.3 Å². The Labute approximate surface area is 125 Å². The Balaban J connectivity index is 2.06. The highest BCUT2D eigenvalue weighted by Gasteiger charge is 2.12. The number of aromatic nitrogens is 2. The Morgan fingerprint density at radius 3 is 2.76 bits per heavy atom. The van der Waals surface area contributed by atoms with Crippen LogP contribution in [0.1, 0.15) is 18.3 Å². The van der Waals surface area contributed by atoms with E-state index in [1.54, 1.807) is 25.1 Å². The summed E-state index contributed by atoms with van der Waals surface area (Å²) < 4.78 is 7.11. The number of carbonyl (C=O) groups excluding carboxylic acids is 1. The van der Waals surface area contributed by atoms with Gasteiger partial charge in [-0.15, -0.1) is 0 Å². The van der Waals surface area contributed by atoms with Crippen molar-refractivity contribution in [2.45, 2.75) is 20.0 Å². The Bertz CT molecular complexity index is 566. The lowest BCUT2D eigenvalue weighted by Crippen LogP contribution is -2.32. The fourth-order valence-corrected chi connectivity index (χ4v) is 2.14. The zero-order valence-electron chi connectivity index (χ0n) is 12.5. The van der Waals surface area contributed by atoms with E-state index in [4.69, 9.17) is 4.74 Å². The molecule has 0 spiro atoms. The number of amides is 1. The highest BCUT2D eigenvalue weighted by molar-refractivity contribution is 5.73. The van der Waals surface area contributed by atoms with Crippen molar-refractivity contribution in [2.75, 3.05) is 20.3 Å². The normalized spacial score (nSPS) is 10.6. The second-order valence-electron chi connectivity index (χ2n) is 4.89. The van der Waals surface area contributed by atoms with Crippen LogP contribution in [0.2, 0.25) is 0 Å². The average Bonchev–Trinajstić information content (AvgIpc) is 2.91. The predicted molar refractivity (Wildman–Crippen MR) is 80.7 cm³/mol. The Morgan fingerprint density at radius 2 is 2.10 bits per heavy atom. The summed E-state index contributed by atoms with van der Waals surface area (Å²) in [5.74, 6) is 0.909. The van der Waals surface area contributed by atoms with Crippen LogP contribution in [-0.4, -0.2) is 40.6 Å². The van der Waals surface area contributed by atoms with E-state index in [2.05, 4.69) is 21.7 Å². The van der Waals surface area contributed by atoms with E-state index in [-0.39, 0.29) is 5.91 Å². The molecule has 0 unspecified atom stereocenters.